The number of nitrogens with two attached hydrogens (primary N) is 2. The first-order chi connectivity index (χ1) is 10.7. The molecular weight excluding hydrogens is 276 g/mol. The van der Waals surface area contributed by atoms with Crippen LogP contribution in [0.2, 0.25) is 0 Å². The van der Waals surface area contributed by atoms with Crippen molar-refractivity contribution in [2.75, 3.05) is 4.90 Å². The lowest BCUT2D eigenvalue weighted by Gasteiger charge is -2.46. The van der Waals surface area contributed by atoms with Gasteiger partial charge in [-0.15, -0.1) is 0 Å². The number of hydrogen-bond donors (Lipinski definition) is 3. The summed E-state index contributed by atoms with van der Waals surface area (Å²) in [5.74, 6) is 0.774. The van der Waals surface area contributed by atoms with E-state index in [4.69, 9.17) is 16.5 Å². The minimum absolute atomic E-state index is 0.307. The van der Waals surface area contributed by atoms with Crippen molar-refractivity contribution in [3.05, 3.63) is 29.3 Å². The molecule has 0 unspecified atom stereocenters. The topological polar surface area (TPSA) is 92.0 Å². The van der Waals surface area contributed by atoms with E-state index in [1.807, 2.05) is 0 Å². The van der Waals surface area contributed by atoms with Crippen LogP contribution in [0.25, 0.3) is 0 Å². The average molecular weight is 298 g/mol. The maximum Gasteiger partial charge on any atom is 0.220 e. The van der Waals surface area contributed by atoms with E-state index in [2.05, 4.69) is 33.4 Å². The maximum absolute atomic E-state index is 6.30. The normalized spacial score (nSPS) is 23.2. The minimum atomic E-state index is -0.355. The Balaban J connectivity index is 1.85. The summed E-state index contributed by atoms with van der Waals surface area (Å²) in [5, 5.41) is 3.41. The number of aliphatic imine (C=N–C) groups is 2. The van der Waals surface area contributed by atoms with Crippen LogP contribution in [0.1, 0.15) is 43.2 Å². The van der Waals surface area contributed by atoms with Crippen LogP contribution in [0, 0.1) is 0 Å². The zero-order valence-corrected chi connectivity index (χ0v) is 12.7. The highest BCUT2D eigenvalue weighted by molar-refractivity contribution is 6.06. The van der Waals surface area contributed by atoms with Crippen LogP contribution >= 0.6 is 0 Å². The molecule has 1 aliphatic carbocycles. The second-order valence-electron chi connectivity index (χ2n) is 6.34. The highest BCUT2D eigenvalue weighted by Gasteiger charge is 2.43. The summed E-state index contributed by atoms with van der Waals surface area (Å²) in [5.41, 5.74) is 15.6. The van der Waals surface area contributed by atoms with Gasteiger partial charge in [-0.05, 0) is 42.9 Å². The Morgan fingerprint density at radius 2 is 1.91 bits per heavy atom. The van der Waals surface area contributed by atoms with Crippen LogP contribution in [0.3, 0.4) is 0 Å². The van der Waals surface area contributed by atoms with Gasteiger partial charge in [-0.25, -0.2) is 4.99 Å². The lowest BCUT2D eigenvalue weighted by Crippen LogP contribution is -2.58. The number of anilines is 1. The number of guanidine groups is 2. The molecule has 0 aromatic heterocycles. The lowest BCUT2D eigenvalue weighted by atomic mass is 9.86. The fourth-order valence-corrected chi connectivity index (χ4v) is 3.99. The lowest BCUT2D eigenvalue weighted by molar-refractivity contribution is 0.305. The molecule has 0 atom stereocenters. The van der Waals surface area contributed by atoms with Gasteiger partial charge in [0.1, 0.15) is 5.66 Å². The third-order valence-corrected chi connectivity index (χ3v) is 4.96. The van der Waals surface area contributed by atoms with Gasteiger partial charge in [0.25, 0.3) is 0 Å². The second-order valence-corrected chi connectivity index (χ2v) is 6.34. The van der Waals surface area contributed by atoms with Crippen LogP contribution in [0.15, 0.2) is 28.2 Å². The fraction of sp³-hybridized carbons (Fsp3) is 0.500. The maximum atomic E-state index is 6.30. The Bertz CT molecular complexity index is 657. The number of hydrogen-bond acceptors (Lipinski definition) is 6. The van der Waals surface area contributed by atoms with Gasteiger partial charge in [-0.3, -0.25) is 4.90 Å². The number of nitrogens with zero attached hydrogens (tertiary/aromatic N) is 3. The zero-order chi connectivity index (χ0) is 15.2. The molecule has 2 aliphatic heterocycles. The van der Waals surface area contributed by atoms with Crippen molar-refractivity contribution < 1.29 is 0 Å². The number of rotatable bonds is 1. The van der Waals surface area contributed by atoms with Crippen molar-refractivity contribution in [2.45, 2.75) is 50.9 Å². The Morgan fingerprint density at radius 3 is 2.73 bits per heavy atom. The van der Waals surface area contributed by atoms with E-state index < -0.39 is 0 Å². The standard InChI is InChI=1S/C16H22N6/c17-14-20-15(18)22(16(21-14)7-2-1-3-8-16)13-6-4-5-11-9-19-10-12(11)13/h4-6,19H,1-3,7-10H2,(H4,17,18,20,21). The minimum Gasteiger partial charge on any atom is -0.369 e. The average Bonchev–Trinajstić information content (AvgIpc) is 2.96. The molecule has 4 rings (SSSR count). The van der Waals surface area contributed by atoms with E-state index in [9.17, 15) is 0 Å². The van der Waals surface area contributed by atoms with Crippen molar-refractivity contribution in [3.8, 4) is 0 Å². The molecule has 116 valence electrons. The second kappa shape index (κ2) is 4.98. The van der Waals surface area contributed by atoms with Crippen LogP contribution < -0.4 is 21.7 Å². The summed E-state index contributed by atoms with van der Waals surface area (Å²) in [4.78, 5) is 11.1. The number of benzene rings is 1. The van der Waals surface area contributed by atoms with Crippen molar-refractivity contribution >= 4 is 17.6 Å². The summed E-state index contributed by atoms with van der Waals surface area (Å²) in [7, 11) is 0. The van der Waals surface area contributed by atoms with E-state index in [1.165, 1.54) is 17.5 Å². The van der Waals surface area contributed by atoms with Gasteiger partial charge in [-0.1, -0.05) is 18.6 Å². The van der Waals surface area contributed by atoms with Gasteiger partial charge in [0.2, 0.25) is 11.9 Å². The van der Waals surface area contributed by atoms with Crippen LogP contribution in [0.4, 0.5) is 5.69 Å². The van der Waals surface area contributed by atoms with E-state index in [0.29, 0.717) is 11.9 Å². The van der Waals surface area contributed by atoms with Gasteiger partial charge >= 0.3 is 0 Å². The third kappa shape index (κ3) is 1.98. The molecule has 3 aliphatic rings. The summed E-state index contributed by atoms with van der Waals surface area (Å²) in [6.45, 7) is 1.77. The molecule has 22 heavy (non-hydrogen) atoms. The summed E-state index contributed by atoms with van der Waals surface area (Å²) >= 11 is 0. The van der Waals surface area contributed by atoms with Crippen molar-refractivity contribution in [1.29, 1.82) is 0 Å². The molecule has 0 bridgehead atoms. The summed E-state index contributed by atoms with van der Waals surface area (Å²) in [6.07, 6.45) is 5.49. The molecule has 5 N–H and O–H groups in total. The monoisotopic (exact) mass is 298 g/mol. The molecule has 1 fully saturated rings. The Kier molecular flexibility index (Phi) is 3.07. The van der Waals surface area contributed by atoms with Crippen LogP contribution in [-0.4, -0.2) is 17.6 Å². The summed E-state index contributed by atoms with van der Waals surface area (Å²) < 4.78 is 0. The molecule has 0 amide bonds. The first-order valence-electron chi connectivity index (χ1n) is 8.01. The molecule has 2 heterocycles. The van der Waals surface area contributed by atoms with Gasteiger partial charge in [0.05, 0.1) is 5.69 Å². The van der Waals surface area contributed by atoms with Crippen LogP contribution in [0.5, 0.6) is 0 Å². The molecule has 0 saturated heterocycles. The number of nitrogens with one attached hydrogen (secondary N) is 1. The molecule has 0 radical (unpaired) electrons. The first-order valence-corrected chi connectivity index (χ1v) is 8.01. The molecule has 1 saturated carbocycles. The zero-order valence-electron chi connectivity index (χ0n) is 12.7. The van der Waals surface area contributed by atoms with E-state index in [-0.39, 0.29) is 5.66 Å². The molecular formula is C16H22N6. The quantitative estimate of drug-likeness (QED) is 0.731. The fourth-order valence-electron chi connectivity index (χ4n) is 3.99. The van der Waals surface area contributed by atoms with Crippen LogP contribution in [-0.2, 0) is 13.1 Å². The molecule has 1 spiro atoms. The van der Waals surface area contributed by atoms with Gasteiger partial charge < -0.3 is 16.8 Å². The van der Waals surface area contributed by atoms with E-state index in [1.54, 1.807) is 0 Å². The SMILES string of the molecule is NC1=NC2(CCCCC2)N(c2cccc3c2CNC3)C(N)=N1. The molecule has 6 heteroatoms. The first kappa shape index (κ1) is 13.6. The summed E-state index contributed by atoms with van der Waals surface area (Å²) in [6, 6.07) is 6.38. The Labute approximate surface area is 130 Å². The van der Waals surface area contributed by atoms with Gasteiger partial charge in [-0.2, -0.15) is 4.99 Å². The Morgan fingerprint density at radius 1 is 1.09 bits per heavy atom. The largest absolute Gasteiger partial charge is 0.369 e. The highest BCUT2D eigenvalue weighted by Crippen LogP contribution is 2.41. The Hall–Kier alpha value is -2.08. The molecule has 1 aromatic carbocycles. The van der Waals surface area contributed by atoms with Gasteiger partial charge in [0.15, 0.2) is 0 Å². The van der Waals surface area contributed by atoms with Crippen molar-refractivity contribution in [1.82, 2.24) is 5.32 Å². The predicted molar refractivity (Wildman–Crippen MR) is 88.5 cm³/mol. The van der Waals surface area contributed by atoms with Gasteiger partial charge in [0, 0.05) is 13.1 Å². The van der Waals surface area contributed by atoms with E-state index >= 15 is 0 Å². The third-order valence-electron chi connectivity index (χ3n) is 4.96. The van der Waals surface area contributed by atoms with E-state index in [0.717, 1.165) is 44.5 Å². The molecule has 6 nitrogen and oxygen atoms in total. The number of fused-ring (bicyclic) bond motifs is 1. The van der Waals surface area contributed by atoms with Crippen molar-refractivity contribution in [3.63, 3.8) is 0 Å². The van der Waals surface area contributed by atoms with Crippen molar-refractivity contribution in [2.24, 2.45) is 21.5 Å². The predicted octanol–water partition coefficient (Wildman–Crippen LogP) is 1.40. The smallest absolute Gasteiger partial charge is 0.220 e. The molecule has 1 aromatic rings. The highest BCUT2D eigenvalue weighted by atomic mass is 15.4.